The number of hydrogen-bond donors (Lipinski definition) is 1. The van der Waals surface area contributed by atoms with Crippen LogP contribution in [0.1, 0.15) is 39.2 Å². The van der Waals surface area contributed by atoms with Gasteiger partial charge in [-0.15, -0.1) is 0 Å². The van der Waals surface area contributed by atoms with Crippen LogP contribution in [0.15, 0.2) is 24.3 Å². The van der Waals surface area contributed by atoms with Gasteiger partial charge in [0.2, 0.25) is 11.8 Å². The van der Waals surface area contributed by atoms with Crippen LogP contribution in [0.3, 0.4) is 0 Å². The minimum atomic E-state index is -0.118. The Balaban J connectivity index is 2.71. The third kappa shape index (κ3) is 6.17. The molecule has 116 valence electrons. The van der Waals surface area contributed by atoms with Crippen molar-refractivity contribution in [3.8, 4) is 0 Å². The van der Waals surface area contributed by atoms with E-state index in [1.807, 2.05) is 36.1 Å². The quantitative estimate of drug-likeness (QED) is 0.841. The number of carbonyl (C=O) groups excluding carboxylic acids is 2. The predicted octanol–water partition coefficient (Wildman–Crippen LogP) is 2.99. The van der Waals surface area contributed by atoms with Gasteiger partial charge in [0, 0.05) is 37.5 Å². The van der Waals surface area contributed by atoms with Crippen LogP contribution in [0.4, 0.5) is 0 Å². The molecular weight excluding hydrogens is 288 g/mol. The van der Waals surface area contributed by atoms with E-state index in [1.165, 1.54) is 6.92 Å². The molecule has 0 saturated carbocycles. The van der Waals surface area contributed by atoms with Gasteiger partial charge in [0.1, 0.15) is 0 Å². The zero-order valence-electron chi connectivity index (χ0n) is 12.9. The minimum absolute atomic E-state index is 0.0399. The van der Waals surface area contributed by atoms with Crippen molar-refractivity contribution >= 4 is 23.4 Å². The van der Waals surface area contributed by atoms with E-state index in [2.05, 4.69) is 12.2 Å². The fraction of sp³-hybridized carbons (Fsp3) is 0.500. The zero-order chi connectivity index (χ0) is 15.8. The van der Waals surface area contributed by atoms with Crippen LogP contribution in [0.5, 0.6) is 0 Å². The first kappa shape index (κ1) is 17.5. The molecule has 0 aliphatic heterocycles. The van der Waals surface area contributed by atoms with E-state index >= 15 is 0 Å². The van der Waals surface area contributed by atoms with E-state index in [0.717, 1.165) is 12.0 Å². The molecule has 1 aromatic carbocycles. The molecule has 0 bridgehead atoms. The Kier molecular flexibility index (Phi) is 7.23. The number of nitrogens with one attached hydrogen (secondary N) is 1. The summed E-state index contributed by atoms with van der Waals surface area (Å²) in [5.41, 5.74) is 1.01. The van der Waals surface area contributed by atoms with Crippen molar-refractivity contribution in [1.29, 1.82) is 0 Å². The average molecular weight is 311 g/mol. The molecule has 0 unspecified atom stereocenters. The second-order valence-corrected chi connectivity index (χ2v) is 5.58. The van der Waals surface area contributed by atoms with Crippen LogP contribution in [0, 0.1) is 0 Å². The number of amides is 2. The number of hydrogen-bond acceptors (Lipinski definition) is 2. The number of carbonyl (C=O) groups is 2. The molecule has 1 atom stereocenters. The highest BCUT2D eigenvalue weighted by Gasteiger charge is 2.19. The van der Waals surface area contributed by atoms with Crippen molar-refractivity contribution in [2.45, 2.75) is 46.2 Å². The maximum atomic E-state index is 12.4. The van der Waals surface area contributed by atoms with Crippen LogP contribution < -0.4 is 5.32 Å². The first-order chi connectivity index (χ1) is 9.93. The lowest BCUT2D eigenvalue weighted by Crippen LogP contribution is -2.39. The Morgan fingerprint density at radius 2 is 2.10 bits per heavy atom. The number of halogens is 1. The highest BCUT2D eigenvalue weighted by atomic mass is 35.5. The molecule has 0 aliphatic carbocycles. The van der Waals surface area contributed by atoms with E-state index in [0.29, 0.717) is 24.5 Å². The summed E-state index contributed by atoms with van der Waals surface area (Å²) in [5, 5.41) is 3.32. The second-order valence-electron chi connectivity index (χ2n) is 5.14. The zero-order valence-corrected chi connectivity index (χ0v) is 13.6. The molecule has 0 aromatic heterocycles. The third-order valence-corrected chi connectivity index (χ3v) is 3.63. The molecule has 0 fully saturated rings. The summed E-state index contributed by atoms with van der Waals surface area (Å²) in [5.74, 6) is -0.0780. The maximum Gasteiger partial charge on any atom is 0.224 e. The molecule has 0 radical (unpaired) electrons. The lowest BCUT2D eigenvalue weighted by molar-refractivity contribution is -0.134. The van der Waals surface area contributed by atoms with E-state index in [-0.39, 0.29) is 17.9 Å². The number of rotatable bonds is 7. The van der Waals surface area contributed by atoms with Gasteiger partial charge >= 0.3 is 0 Å². The van der Waals surface area contributed by atoms with Gasteiger partial charge < -0.3 is 10.2 Å². The summed E-state index contributed by atoms with van der Waals surface area (Å²) < 4.78 is 0. The van der Waals surface area contributed by atoms with E-state index in [9.17, 15) is 9.59 Å². The maximum absolute atomic E-state index is 12.4. The summed E-state index contributed by atoms with van der Waals surface area (Å²) in [6.45, 7) is 6.44. The summed E-state index contributed by atoms with van der Waals surface area (Å²) >= 11 is 5.99. The number of benzene rings is 1. The monoisotopic (exact) mass is 310 g/mol. The SMILES string of the molecule is CC[C@H](C)N(Cc1cccc(Cl)c1)C(=O)CCNC(C)=O. The van der Waals surface area contributed by atoms with E-state index in [1.54, 1.807) is 0 Å². The van der Waals surface area contributed by atoms with Crippen LogP contribution in [-0.2, 0) is 16.1 Å². The van der Waals surface area contributed by atoms with E-state index < -0.39 is 0 Å². The van der Waals surface area contributed by atoms with Gasteiger partial charge in [-0.3, -0.25) is 9.59 Å². The Morgan fingerprint density at radius 1 is 1.38 bits per heavy atom. The van der Waals surface area contributed by atoms with Crippen LogP contribution in [0.2, 0.25) is 5.02 Å². The third-order valence-electron chi connectivity index (χ3n) is 3.40. The number of nitrogens with zero attached hydrogens (tertiary/aromatic N) is 1. The van der Waals surface area contributed by atoms with Crippen molar-refractivity contribution in [1.82, 2.24) is 10.2 Å². The normalized spacial score (nSPS) is 11.8. The van der Waals surface area contributed by atoms with Gasteiger partial charge in [-0.1, -0.05) is 30.7 Å². The molecule has 21 heavy (non-hydrogen) atoms. The Bertz CT molecular complexity index is 491. The van der Waals surface area contributed by atoms with Crippen LogP contribution in [0.25, 0.3) is 0 Å². The molecule has 2 amide bonds. The first-order valence-electron chi connectivity index (χ1n) is 7.22. The molecular formula is C16H23ClN2O2. The second kappa shape index (κ2) is 8.67. The predicted molar refractivity (Wildman–Crippen MR) is 85.1 cm³/mol. The fourth-order valence-corrected chi connectivity index (χ4v) is 2.24. The summed E-state index contributed by atoms with van der Waals surface area (Å²) in [6, 6.07) is 7.68. The molecule has 1 N–H and O–H groups in total. The van der Waals surface area contributed by atoms with Crippen molar-refractivity contribution < 1.29 is 9.59 Å². The first-order valence-corrected chi connectivity index (χ1v) is 7.60. The molecule has 1 rings (SSSR count). The standard InChI is InChI=1S/C16H23ClN2O2/c1-4-12(2)19(16(21)8-9-18-13(3)20)11-14-6-5-7-15(17)10-14/h5-7,10,12H,4,8-9,11H2,1-3H3,(H,18,20)/t12-/m0/s1. The van der Waals surface area contributed by atoms with Crippen molar-refractivity contribution in [3.63, 3.8) is 0 Å². The average Bonchev–Trinajstić information content (AvgIpc) is 2.43. The van der Waals surface area contributed by atoms with Gasteiger partial charge in [-0.05, 0) is 31.0 Å². The molecule has 0 saturated heterocycles. The highest BCUT2D eigenvalue weighted by Crippen LogP contribution is 2.16. The van der Waals surface area contributed by atoms with Crippen LogP contribution >= 0.6 is 11.6 Å². The Labute approximate surface area is 131 Å². The molecule has 0 heterocycles. The lowest BCUT2D eigenvalue weighted by atomic mass is 10.1. The van der Waals surface area contributed by atoms with Crippen molar-refractivity contribution in [2.24, 2.45) is 0 Å². The Morgan fingerprint density at radius 3 is 2.67 bits per heavy atom. The van der Waals surface area contributed by atoms with Gasteiger partial charge in [-0.2, -0.15) is 0 Å². The van der Waals surface area contributed by atoms with E-state index in [4.69, 9.17) is 11.6 Å². The topological polar surface area (TPSA) is 49.4 Å². The molecule has 0 spiro atoms. The lowest BCUT2D eigenvalue weighted by Gasteiger charge is -2.29. The smallest absolute Gasteiger partial charge is 0.224 e. The molecule has 5 heteroatoms. The summed E-state index contributed by atoms with van der Waals surface area (Å²) in [6.07, 6.45) is 1.19. The largest absolute Gasteiger partial charge is 0.356 e. The Hall–Kier alpha value is -1.55. The van der Waals surface area contributed by atoms with Crippen LogP contribution in [-0.4, -0.2) is 29.3 Å². The van der Waals surface area contributed by atoms with Gasteiger partial charge in [0.25, 0.3) is 0 Å². The molecule has 0 aliphatic rings. The fourth-order valence-electron chi connectivity index (χ4n) is 2.03. The summed E-state index contributed by atoms with van der Waals surface area (Å²) in [4.78, 5) is 25.1. The van der Waals surface area contributed by atoms with Gasteiger partial charge in [-0.25, -0.2) is 0 Å². The van der Waals surface area contributed by atoms with Gasteiger partial charge in [0.15, 0.2) is 0 Å². The van der Waals surface area contributed by atoms with Gasteiger partial charge in [0.05, 0.1) is 0 Å². The van der Waals surface area contributed by atoms with Crippen molar-refractivity contribution in [2.75, 3.05) is 6.54 Å². The molecule has 1 aromatic rings. The summed E-state index contributed by atoms with van der Waals surface area (Å²) in [7, 11) is 0. The highest BCUT2D eigenvalue weighted by molar-refractivity contribution is 6.30. The van der Waals surface area contributed by atoms with Crippen molar-refractivity contribution in [3.05, 3.63) is 34.9 Å². The minimum Gasteiger partial charge on any atom is -0.356 e. The molecule has 4 nitrogen and oxygen atoms in total.